The third-order valence-corrected chi connectivity index (χ3v) is 4.79. The molecule has 3 rings (SSSR count). The maximum atomic E-state index is 12.7. The van der Waals surface area contributed by atoms with Crippen LogP contribution >= 0.6 is 23.2 Å². The molecule has 2 N–H and O–H groups in total. The van der Waals surface area contributed by atoms with Crippen molar-refractivity contribution in [3.8, 4) is 0 Å². The molecule has 0 bridgehead atoms. The van der Waals surface area contributed by atoms with E-state index >= 15 is 0 Å². The molecule has 0 radical (unpaired) electrons. The number of carbonyl (C=O) groups excluding carboxylic acids is 2. The van der Waals surface area contributed by atoms with Gasteiger partial charge in [-0.1, -0.05) is 23.2 Å². The van der Waals surface area contributed by atoms with Gasteiger partial charge in [-0.15, -0.1) is 0 Å². The Morgan fingerprint density at radius 3 is 2.68 bits per heavy atom. The molecule has 1 unspecified atom stereocenters. The number of amides is 3. The highest BCUT2D eigenvalue weighted by atomic mass is 35.5. The monoisotopic (exact) mass is 425 g/mol. The summed E-state index contributed by atoms with van der Waals surface area (Å²) in [6.45, 7) is 1.61. The van der Waals surface area contributed by atoms with Crippen LogP contribution in [0.25, 0.3) is 0 Å². The Hall–Kier alpha value is -2.29. The minimum Gasteiger partial charge on any atom is -0.383 e. The zero-order valence-electron chi connectivity index (χ0n) is 15.3. The number of nitrogens with zero attached hydrogens (tertiary/aromatic N) is 3. The number of aromatic nitrogens is 2. The van der Waals surface area contributed by atoms with Crippen LogP contribution in [0.5, 0.6) is 0 Å². The Morgan fingerprint density at radius 2 is 1.96 bits per heavy atom. The number of rotatable bonds is 6. The molecule has 150 valence electrons. The number of ether oxygens (including phenoxy) is 1. The van der Waals surface area contributed by atoms with Crippen LogP contribution in [0.1, 0.15) is 12.8 Å². The summed E-state index contributed by atoms with van der Waals surface area (Å²) < 4.78 is 6.68. The minimum absolute atomic E-state index is 0.276. The van der Waals surface area contributed by atoms with Crippen molar-refractivity contribution in [3.63, 3.8) is 0 Å². The second-order valence-corrected chi connectivity index (χ2v) is 7.29. The molecule has 1 fully saturated rings. The van der Waals surface area contributed by atoms with Gasteiger partial charge >= 0.3 is 6.03 Å². The Bertz CT molecular complexity index is 837. The maximum absolute atomic E-state index is 12.7. The number of hydrogen-bond donors (Lipinski definition) is 2. The lowest BCUT2D eigenvalue weighted by Gasteiger charge is -2.24. The quantitative estimate of drug-likeness (QED) is 0.741. The van der Waals surface area contributed by atoms with Crippen LogP contribution in [-0.2, 0) is 16.1 Å². The summed E-state index contributed by atoms with van der Waals surface area (Å²) in [6.07, 6.45) is 4.61. The number of urea groups is 1. The average Bonchev–Trinajstić information content (AvgIpc) is 3.28. The first-order chi connectivity index (χ1) is 13.5. The highest BCUT2D eigenvalue weighted by Crippen LogP contribution is 2.25. The van der Waals surface area contributed by atoms with Gasteiger partial charge in [-0.25, -0.2) is 4.79 Å². The minimum atomic E-state index is -0.568. The van der Waals surface area contributed by atoms with Crippen LogP contribution in [0.15, 0.2) is 30.6 Å². The molecule has 1 atom stereocenters. The SMILES string of the molecule is COCCn1cc(NC(=O)N2CCCC2C(=O)Nc2cc(Cl)cc(Cl)c2)cn1. The van der Waals surface area contributed by atoms with Crippen molar-refractivity contribution in [1.82, 2.24) is 14.7 Å². The summed E-state index contributed by atoms with van der Waals surface area (Å²) in [7, 11) is 1.61. The molecule has 0 spiro atoms. The Kier molecular flexibility index (Phi) is 6.77. The standard InChI is InChI=1S/C18H21Cl2N5O3/c1-28-6-5-24-11-15(10-21-24)23-18(27)25-4-2-3-16(25)17(26)22-14-8-12(19)7-13(20)9-14/h7-11,16H,2-6H2,1H3,(H,22,26)(H,23,27). The van der Waals surface area contributed by atoms with Crippen LogP contribution in [0.3, 0.4) is 0 Å². The fraction of sp³-hybridized carbons (Fsp3) is 0.389. The molecule has 0 saturated carbocycles. The molecule has 1 saturated heterocycles. The van der Waals surface area contributed by atoms with Gasteiger partial charge in [0.25, 0.3) is 0 Å². The van der Waals surface area contributed by atoms with E-state index in [-0.39, 0.29) is 11.9 Å². The van der Waals surface area contributed by atoms with Gasteiger partial charge < -0.3 is 20.3 Å². The number of likely N-dealkylation sites (tertiary alicyclic amines) is 1. The number of anilines is 2. The van der Waals surface area contributed by atoms with Gasteiger partial charge in [0, 0.05) is 35.6 Å². The summed E-state index contributed by atoms with van der Waals surface area (Å²) in [5.41, 5.74) is 1.06. The van der Waals surface area contributed by atoms with Crippen molar-refractivity contribution in [2.24, 2.45) is 0 Å². The van der Waals surface area contributed by atoms with Crippen molar-refractivity contribution in [1.29, 1.82) is 0 Å². The van der Waals surface area contributed by atoms with Gasteiger partial charge in [0.05, 0.1) is 25.0 Å². The molecular weight excluding hydrogens is 405 g/mol. The molecule has 1 aromatic heterocycles. The molecule has 10 heteroatoms. The number of halogens is 2. The number of carbonyl (C=O) groups is 2. The first-order valence-electron chi connectivity index (χ1n) is 8.82. The summed E-state index contributed by atoms with van der Waals surface area (Å²) in [6, 6.07) is 3.90. The number of methoxy groups -OCH3 is 1. The predicted octanol–water partition coefficient (Wildman–Crippen LogP) is 3.47. The van der Waals surface area contributed by atoms with Crippen molar-refractivity contribution in [3.05, 3.63) is 40.6 Å². The third kappa shape index (κ3) is 5.15. The Balaban J connectivity index is 1.62. The molecule has 1 aromatic carbocycles. The summed E-state index contributed by atoms with van der Waals surface area (Å²) in [4.78, 5) is 26.8. The van der Waals surface area contributed by atoms with Crippen LogP contribution in [0, 0.1) is 0 Å². The third-order valence-electron chi connectivity index (χ3n) is 4.36. The number of nitrogens with one attached hydrogen (secondary N) is 2. The van der Waals surface area contributed by atoms with E-state index in [2.05, 4.69) is 15.7 Å². The van der Waals surface area contributed by atoms with Crippen LogP contribution in [0.2, 0.25) is 10.0 Å². The van der Waals surface area contributed by atoms with Crippen molar-refractivity contribution >= 4 is 46.5 Å². The highest BCUT2D eigenvalue weighted by molar-refractivity contribution is 6.35. The van der Waals surface area contributed by atoms with Crippen molar-refractivity contribution in [2.75, 3.05) is 30.9 Å². The molecular formula is C18H21Cl2N5O3. The summed E-state index contributed by atoms with van der Waals surface area (Å²) in [5, 5.41) is 10.6. The lowest BCUT2D eigenvalue weighted by atomic mass is 10.2. The van der Waals surface area contributed by atoms with Gasteiger partial charge in [0.2, 0.25) is 5.91 Å². The fourth-order valence-corrected chi connectivity index (χ4v) is 3.59. The summed E-state index contributed by atoms with van der Waals surface area (Å²) >= 11 is 11.9. The zero-order valence-corrected chi connectivity index (χ0v) is 16.8. The summed E-state index contributed by atoms with van der Waals surface area (Å²) in [5.74, 6) is -0.276. The number of benzene rings is 1. The van der Waals surface area contributed by atoms with Gasteiger partial charge in [0.15, 0.2) is 0 Å². The van der Waals surface area contributed by atoms with E-state index in [1.807, 2.05) is 0 Å². The van der Waals surface area contributed by atoms with Gasteiger partial charge in [-0.05, 0) is 31.0 Å². The maximum Gasteiger partial charge on any atom is 0.322 e. The predicted molar refractivity (Wildman–Crippen MR) is 108 cm³/mol. The van der Waals surface area contributed by atoms with Gasteiger partial charge in [-0.2, -0.15) is 5.10 Å². The second kappa shape index (κ2) is 9.27. The van der Waals surface area contributed by atoms with Crippen LogP contribution < -0.4 is 10.6 Å². The van der Waals surface area contributed by atoms with E-state index in [1.165, 1.54) is 4.90 Å². The molecule has 2 heterocycles. The first kappa shape index (κ1) is 20.4. The molecule has 1 aliphatic rings. The molecule has 0 aliphatic carbocycles. The van der Waals surface area contributed by atoms with E-state index < -0.39 is 6.04 Å². The smallest absolute Gasteiger partial charge is 0.322 e. The van der Waals surface area contributed by atoms with Gasteiger partial charge in [0.1, 0.15) is 6.04 Å². The average molecular weight is 426 g/mol. The van der Waals surface area contributed by atoms with E-state index in [0.717, 1.165) is 6.42 Å². The molecule has 1 aliphatic heterocycles. The number of hydrogen-bond acceptors (Lipinski definition) is 4. The van der Waals surface area contributed by atoms with Crippen LogP contribution in [0.4, 0.5) is 16.2 Å². The first-order valence-corrected chi connectivity index (χ1v) is 9.58. The lowest BCUT2D eigenvalue weighted by Crippen LogP contribution is -2.45. The largest absolute Gasteiger partial charge is 0.383 e. The topological polar surface area (TPSA) is 88.5 Å². The molecule has 2 aromatic rings. The zero-order chi connectivity index (χ0) is 20.1. The van der Waals surface area contributed by atoms with E-state index in [1.54, 1.807) is 42.4 Å². The van der Waals surface area contributed by atoms with Crippen molar-refractivity contribution in [2.45, 2.75) is 25.4 Å². The fourth-order valence-electron chi connectivity index (χ4n) is 3.06. The van der Waals surface area contributed by atoms with Gasteiger partial charge in [-0.3, -0.25) is 9.48 Å². The Morgan fingerprint density at radius 1 is 1.21 bits per heavy atom. The molecule has 3 amide bonds. The molecule has 28 heavy (non-hydrogen) atoms. The van der Waals surface area contributed by atoms with Crippen molar-refractivity contribution < 1.29 is 14.3 Å². The Labute approximate surface area is 172 Å². The lowest BCUT2D eigenvalue weighted by molar-refractivity contribution is -0.119. The highest BCUT2D eigenvalue weighted by Gasteiger charge is 2.34. The molecule has 8 nitrogen and oxygen atoms in total. The normalized spacial score (nSPS) is 16.2. The van der Waals surface area contributed by atoms with E-state index in [4.69, 9.17) is 27.9 Å². The van der Waals surface area contributed by atoms with E-state index in [0.29, 0.717) is 47.5 Å². The second-order valence-electron chi connectivity index (χ2n) is 6.41. The van der Waals surface area contributed by atoms with E-state index in [9.17, 15) is 9.59 Å². The van der Waals surface area contributed by atoms with Crippen LogP contribution in [-0.4, -0.2) is 52.9 Å².